The van der Waals surface area contributed by atoms with Crippen LogP contribution < -0.4 is 5.73 Å². The molecule has 0 amide bonds. The van der Waals surface area contributed by atoms with E-state index in [9.17, 15) is 0 Å². The summed E-state index contributed by atoms with van der Waals surface area (Å²) >= 11 is 0. The van der Waals surface area contributed by atoms with Crippen molar-refractivity contribution < 1.29 is 0 Å². The summed E-state index contributed by atoms with van der Waals surface area (Å²) in [4.78, 5) is 4.57. The molecule has 0 aliphatic carbocycles. The molecule has 2 heteroatoms. The molecule has 128 valence electrons. The normalized spacial score (nSPS) is 14.7. The lowest BCUT2D eigenvalue weighted by Gasteiger charge is -2.21. The van der Waals surface area contributed by atoms with Gasteiger partial charge in [-0.1, -0.05) is 58.1 Å². The van der Waals surface area contributed by atoms with Crippen LogP contribution in [0.25, 0.3) is 0 Å². The lowest BCUT2D eigenvalue weighted by atomic mass is 9.85. The Hall–Kier alpha value is -1.75. The van der Waals surface area contributed by atoms with Gasteiger partial charge in [-0.25, -0.2) is 0 Å². The van der Waals surface area contributed by atoms with Crippen LogP contribution in [-0.4, -0.2) is 12.8 Å². The van der Waals surface area contributed by atoms with Crippen molar-refractivity contribution in [2.45, 2.75) is 66.7 Å². The smallest absolute Gasteiger partial charge is 0.0423 e. The van der Waals surface area contributed by atoms with Crippen molar-refractivity contribution in [3.63, 3.8) is 0 Å². The zero-order chi connectivity index (χ0) is 17.8. The first-order valence-corrected chi connectivity index (χ1v) is 8.74. The van der Waals surface area contributed by atoms with E-state index in [4.69, 9.17) is 5.73 Å². The summed E-state index contributed by atoms with van der Waals surface area (Å²) in [5, 5.41) is 0. The second-order valence-electron chi connectivity index (χ2n) is 5.90. The van der Waals surface area contributed by atoms with Crippen molar-refractivity contribution in [1.82, 2.24) is 0 Å². The third-order valence-electron chi connectivity index (χ3n) is 4.18. The SMILES string of the molecule is C=C(N)C(=C/C#CCC)/C(C(CCCC)=NC)=C(\C)C(C)CC. The maximum Gasteiger partial charge on any atom is 0.0423 e. The summed E-state index contributed by atoms with van der Waals surface area (Å²) in [6.45, 7) is 14.8. The van der Waals surface area contributed by atoms with Gasteiger partial charge < -0.3 is 5.73 Å². The first-order chi connectivity index (χ1) is 10.9. The second-order valence-corrected chi connectivity index (χ2v) is 5.90. The number of unbranched alkanes of at least 4 members (excludes halogenated alkanes) is 1. The number of rotatable bonds is 8. The molecule has 1 atom stereocenters. The monoisotopic (exact) mass is 314 g/mol. The van der Waals surface area contributed by atoms with Gasteiger partial charge in [0.15, 0.2) is 0 Å². The number of nitrogens with zero attached hydrogens (tertiary/aromatic N) is 1. The Balaban J connectivity index is 6.21. The van der Waals surface area contributed by atoms with Gasteiger partial charge in [0.2, 0.25) is 0 Å². The van der Waals surface area contributed by atoms with Gasteiger partial charge >= 0.3 is 0 Å². The molecule has 0 aliphatic rings. The molecule has 0 saturated carbocycles. The van der Waals surface area contributed by atoms with Crippen LogP contribution in [0.15, 0.2) is 40.1 Å². The molecule has 23 heavy (non-hydrogen) atoms. The van der Waals surface area contributed by atoms with Gasteiger partial charge in [0.1, 0.15) is 0 Å². The third kappa shape index (κ3) is 6.91. The Morgan fingerprint density at radius 2 is 1.96 bits per heavy atom. The molecule has 0 spiro atoms. The van der Waals surface area contributed by atoms with Gasteiger partial charge in [-0.3, -0.25) is 4.99 Å². The molecule has 0 fully saturated rings. The Morgan fingerprint density at radius 1 is 1.30 bits per heavy atom. The minimum absolute atomic E-state index is 0.477. The van der Waals surface area contributed by atoms with E-state index in [-0.39, 0.29) is 0 Å². The largest absolute Gasteiger partial charge is 0.399 e. The Bertz CT molecular complexity index is 536. The first kappa shape index (κ1) is 21.2. The van der Waals surface area contributed by atoms with E-state index in [1.54, 1.807) is 0 Å². The number of allylic oxidation sites excluding steroid dienone is 3. The van der Waals surface area contributed by atoms with Crippen molar-refractivity contribution in [2.75, 3.05) is 7.05 Å². The average molecular weight is 315 g/mol. The molecule has 0 aromatic heterocycles. The number of hydrogen-bond donors (Lipinski definition) is 1. The molecule has 0 bridgehead atoms. The molecule has 0 rings (SSSR count). The van der Waals surface area contributed by atoms with Gasteiger partial charge in [0, 0.05) is 36.0 Å². The zero-order valence-electron chi connectivity index (χ0n) is 15.9. The van der Waals surface area contributed by atoms with Gasteiger partial charge in [-0.15, -0.1) is 0 Å². The van der Waals surface area contributed by atoms with E-state index in [1.165, 1.54) is 5.57 Å². The molecule has 0 aliphatic heterocycles. The molecule has 0 saturated heterocycles. The summed E-state index contributed by atoms with van der Waals surface area (Å²) in [6.07, 6.45) is 7.05. The van der Waals surface area contributed by atoms with Crippen LogP contribution in [0.5, 0.6) is 0 Å². The Kier molecular flexibility index (Phi) is 10.9. The highest BCUT2D eigenvalue weighted by molar-refractivity contribution is 6.05. The minimum atomic E-state index is 0.477. The van der Waals surface area contributed by atoms with E-state index < -0.39 is 0 Å². The predicted molar refractivity (Wildman–Crippen MR) is 105 cm³/mol. The Morgan fingerprint density at radius 3 is 2.39 bits per heavy atom. The van der Waals surface area contributed by atoms with E-state index >= 15 is 0 Å². The van der Waals surface area contributed by atoms with Crippen molar-refractivity contribution in [2.24, 2.45) is 16.6 Å². The fourth-order valence-corrected chi connectivity index (χ4v) is 2.39. The molecule has 2 N–H and O–H groups in total. The van der Waals surface area contributed by atoms with Gasteiger partial charge in [-0.2, -0.15) is 0 Å². The van der Waals surface area contributed by atoms with E-state index in [2.05, 4.69) is 51.1 Å². The standard InChI is InChI=1S/C21H34N2/c1-8-11-13-14-19(18(6)22)21(17(5)16(4)10-3)20(23-7)15-12-9-2/h14,16H,6,8-10,12,15,22H2,1-5,7H3/b19-14-,21-17-,23-20?. The van der Waals surface area contributed by atoms with Crippen molar-refractivity contribution in [3.8, 4) is 11.8 Å². The zero-order valence-corrected chi connectivity index (χ0v) is 15.9. The predicted octanol–water partition coefficient (Wildman–Crippen LogP) is 5.42. The maximum atomic E-state index is 6.10. The lowest BCUT2D eigenvalue weighted by molar-refractivity contribution is 0.652. The summed E-state index contributed by atoms with van der Waals surface area (Å²) < 4.78 is 0. The highest BCUT2D eigenvalue weighted by Crippen LogP contribution is 2.28. The van der Waals surface area contributed by atoms with Crippen LogP contribution in [0, 0.1) is 17.8 Å². The molecule has 0 radical (unpaired) electrons. The van der Waals surface area contributed by atoms with Crippen molar-refractivity contribution >= 4 is 5.71 Å². The molecular formula is C21H34N2. The molecular weight excluding hydrogens is 280 g/mol. The highest BCUT2D eigenvalue weighted by atomic mass is 14.7. The molecule has 0 aromatic carbocycles. The van der Waals surface area contributed by atoms with Gasteiger partial charge in [0.05, 0.1) is 0 Å². The minimum Gasteiger partial charge on any atom is -0.399 e. The van der Waals surface area contributed by atoms with Crippen LogP contribution in [0.3, 0.4) is 0 Å². The van der Waals surface area contributed by atoms with Crippen molar-refractivity contribution in [1.29, 1.82) is 0 Å². The quantitative estimate of drug-likeness (QED) is 0.362. The van der Waals surface area contributed by atoms with Crippen LogP contribution in [0.4, 0.5) is 0 Å². The molecule has 0 heterocycles. The summed E-state index contributed by atoms with van der Waals surface area (Å²) in [5.41, 5.74) is 11.2. The van der Waals surface area contributed by atoms with Gasteiger partial charge in [0.25, 0.3) is 0 Å². The fourth-order valence-electron chi connectivity index (χ4n) is 2.39. The van der Waals surface area contributed by atoms with E-state index in [0.717, 1.165) is 49.0 Å². The number of hydrogen-bond acceptors (Lipinski definition) is 2. The van der Waals surface area contributed by atoms with Crippen LogP contribution in [0.2, 0.25) is 0 Å². The number of nitrogens with two attached hydrogens (primary N) is 1. The van der Waals surface area contributed by atoms with Gasteiger partial charge in [-0.05, 0) is 38.2 Å². The third-order valence-corrected chi connectivity index (χ3v) is 4.18. The maximum absolute atomic E-state index is 6.10. The van der Waals surface area contributed by atoms with E-state index in [1.807, 2.05) is 20.0 Å². The summed E-state index contributed by atoms with van der Waals surface area (Å²) in [6, 6.07) is 0. The highest BCUT2D eigenvalue weighted by Gasteiger charge is 2.18. The topological polar surface area (TPSA) is 38.4 Å². The Labute approximate surface area is 143 Å². The number of aliphatic imine (C=N–C) groups is 1. The lowest BCUT2D eigenvalue weighted by Crippen LogP contribution is -2.15. The van der Waals surface area contributed by atoms with Crippen LogP contribution >= 0.6 is 0 Å². The molecule has 1 unspecified atom stereocenters. The van der Waals surface area contributed by atoms with Crippen molar-refractivity contribution in [3.05, 3.63) is 35.1 Å². The van der Waals surface area contributed by atoms with E-state index in [0.29, 0.717) is 11.6 Å². The average Bonchev–Trinajstić information content (AvgIpc) is 2.54. The molecule has 2 nitrogen and oxygen atoms in total. The van der Waals surface area contributed by atoms with Crippen LogP contribution in [0.1, 0.15) is 66.7 Å². The summed E-state index contributed by atoms with van der Waals surface area (Å²) in [5.74, 6) is 6.66. The molecule has 0 aromatic rings. The fraction of sp³-hybridized carbons (Fsp3) is 0.571. The first-order valence-electron chi connectivity index (χ1n) is 8.74. The summed E-state index contributed by atoms with van der Waals surface area (Å²) in [7, 11) is 1.86. The van der Waals surface area contributed by atoms with Crippen LogP contribution in [-0.2, 0) is 0 Å². The second kappa shape index (κ2) is 11.8.